The smallest absolute Gasteiger partial charge is 0.239 e. The van der Waals surface area contributed by atoms with Gasteiger partial charge in [-0.25, -0.2) is 0 Å². The Balaban J connectivity index is 2.57. The topological polar surface area (TPSA) is 52.2 Å². The molecule has 4 heteroatoms. The van der Waals surface area contributed by atoms with E-state index in [4.69, 9.17) is 0 Å². The van der Waals surface area contributed by atoms with E-state index in [9.17, 15) is 9.90 Å². The van der Waals surface area contributed by atoms with E-state index in [0.29, 0.717) is 17.3 Å². The fourth-order valence-electron chi connectivity index (χ4n) is 0.485. The summed E-state index contributed by atoms with van der Waals surface area (Å²) in [7, 11) is 0. The highest BCUT2D eigenvalue weighted by atomic mass is 32.1. The van der Waals surface area contributed by atoms with Gasteiger partial charge in [0.25, 0.3) is 0 Å². The molecular weight excluding hydrogens is 126 g/mol. The molecule has 0 aliphatic carbocycles. The van der Waals surface area contributed by atoms with Crippen LogP contribution in [-0.4, -0.2) is 23.3 Å². The van der Waals surface area contributed by atoms with Crippen molar-refractivity contribution >= 4 is 22.2 Å². The number of aliphatic carboxylic acids is 1. The molecule has 1 rings (SSSR count). The highest BCUT2D eigenvalue weighted by Crippen LogP contribution is 1.78. The summed E-state index contributed by atoms with van der Waals surface area (Å²) in [5.74, 6) is -0.344. The summed E-state index contributed by atoms with van der Waals surface area (Å²) in [6.45, 7) is 0.465. The molecule has 0 aromatic heterocycles. The summed E-state index contributed by atoms with van der Waals surface area (Å²) >= 11 is 1.29. The number of hydrogen-bond donors (Lipinski definition) is 1. The molecule has 1 aliphatic rings. The average molecular weight is 131 g/mol. The first-order valence-corrected chi connectivity index (χ1v) is 3.20. The van der Waals surface area contributed by atoms with Crippen molar-refractivity contribution in [2.75, 3.05) is 12.4 Å². The standard InChI is InChI=1S/C4H5NO2S/c6-4(7)3-1-5-2-8-3/h5H,1-2H2. The zero-order chi connectivity index (χ0) is 5.98. The maximum absolute atomic E-state index is 9.99. The molecule has 0 saturated heterocycles. The molecule has 0 unspecified atom stereocenters. The first-order chi connectivity index (χ1) is 3.80. The van der Waals surface area contributed by atoms with Crippen molar-refractivity contribution in [3.8, 4) is 0 Å². The molecule has 1 aliphatic heterocycles. The second-order valence-electron chi connectivity index (χ2n) is 1.43. The summed E-state index contributed by atoms with van der Waals surface area (Å²) in [5.41, 5.74) is 0. The zero-order valence-corrected chi connectivity index (χ0v) is 4.96. The van der Waals surface area contributed by atoms with Crippen LogP contribution < -0.4 is 10.4 Å². The van der Waals surface area contributed by atoms with Gasteiger partial charge < -0.3 is 9.90 Å². The van der Waals surface area contributed by atoms with Gasteiger partial charge in [-0.1, -0.05) is 0 Å². The highest BCUT2D eigenvalue weighted by molar-refractivity contribution is 7.80. The van der Waals surface area contributed by atoms with Crippen molar-refractivity contribution in [3.05, 3.63) is 0 Å². The Morgan fingerprint density at radius 2 is 2.62 bits per heavy atom. The summed E-state index contributed by atoms with van der Waals surface area (Å²) in [6.07, 6.45) is 0. The van der Waals surface area contributed by atoms with Crippen molar-refractivity contribution in [2.24, 2.45) is 0 Å². The lowest BCUT2D eigenvalue weighted by Gasteiger charge is -1.88. The van der Waals surface area contributed by atoms with Crippen LogP contribution in [0.4, 0.5) is 0 Å². The van der Waals surface area contributed by atoms with E-state index in [1.807, 2.05) is 0 Å². The number of carbonyl (C=O) groups excluding carboxylic acids is 1. The van der Waals surface area contributed by atoms with Gasteiger partial charge in [0.2, 0.25) is 10.7 Å². The maximum atomic E-state index is 9.99. The number of carboxylic acid groups (broad SMARTS) is 1. The Morgan fingerprint density at radius 1 is 1.88 bits per heavy atom. The Morgan fingerprint density at radius 3 is 2.88 bits per heavy atom. The number of nitrogens with one attached hydrogen (secondary N) is 1. The summed E-state index contributed by atoms with van der Waals surface area (Å²) in [6, 6.07) is 0. The molecule has 0 aromatic rings. The third-order valence-corrected chi connectivity index (χ3v) is 1.87. The molecule has 0 aromatic carbocycles. The number of carboxylic acids is 1. The largest absolute Gasteiger partial charge is 0.540 e. The molecule has 0 radical (unpaired) electrons. The van der Waals surface area contributed by atoms with Gasteiger partial charge in [-0.05, 0) is 0 Å². The van der Waals surface area contributed by atoms with Gasteiger partial charge in [0.15, 0.2) is 11.4 Å². The number of carbonyl (C=O) groups is 1. The molecule has 0 bridgehead atoms. The quantitative estimate of drug-likeness (QED) is 0.317. The molecule has 8 heavy (non-hydrogen) atoms. The Hall–Kier alpha value is -0.480. The second kappa shape index (κ2) is 2.19. The average Bonchev–Trinajstić information content (AvgIpc) is 2.12. The van der Waals surface area contributed by atoms with E-state index in [-0.39, 0.29) is 0 Å². The predicted octanol–water partition coefficient (Wildman–Crippen LogP) is -2.45. The minimum atomic E-state index is -1.04. The van der Waals surface area contributed by atoms with E-state index in [0.717, 1.165) is 0 Å². The van der Waals surface area contributed by atoms with Crippen LogP contribution in [0.3, 0.4) is 0 Å². The van der Waals surface area contributed by atoms with E-state index >= 15 is 0 Å². The van der Waals surface area contributed by atoms with Crippen LogP contribution in [-0.2, 0) is 16.1 Å². The van der Waals surface area contributed by atoms with Crippen molar-refractivity contribution in [1.29, 1.82) is 0 Å². The fraction of sp³-hybridized carbons (Fsp3) is 0.500. The Bertz CT molecular complexity index is 143. The summed E-state index contributed by atoms with van der Waals surface area (Å²) < 4.78 is 0. The lowest BCUT2D eigenvalue weighted by atomic mass is 10.4. The number of hydrogen-bond acceptors (Lipinski definition) is 3. The van der Waals surface area contributed by atoms with Crippen LogP contribution in [0.25, 0.3) is 0 Å². The van der Waals surface area contributed by atoms with Crippen molar-refractivity contribution in [1.82, 2.24) is 5.32 Å². The molecule has 1 N–H and O–H groups in total. The third kappa shape index (κ3) is 1.02. The van der Waals surface area contributed by atoms with Crippen LogP contribution >= 0.6 is 0 Å². The minimum absolute atomic E-state index is 0.407. The van der Waals surface area contributed by atoms with Gasteiger partial charge in [0, 0.05) is 0 Å². The zero-order valence-electron chi connectivity index (χ0n) is 4.14. The van der Waals surface area contributed by atoms with E-state index < -0.39 is 5.97 Å². The van der Waals surface area contributed by atoms with Crippen LogP contribution in [0.2, 0.25) is 0 Å². The normalized spacial score (nSPS) is 18.2. The van der Waals surface area contributed by atoms with E-state index in [2.05, 4.69) is 5.32 Å². The molecule has 0 amide bonds. The van der Waals surface area contributed by atoms with E-state index in [1.165, 1.54) is 11.4 Å². The lowest BCUT2D eigenvalue weighted by molar-refractivity contribution is -0.293. The molecule has 0 saturated carbocycles. The maximum Gasteiger partial charge on any atom is 0.239 e. The molecule has 1 heterocycles. The Kier molecular flexibility index (Phi) is 1.55. The molecular formula is C4H5NO2S. The highest BCUT2D eigenvalue weighted by Gasteiger charge is 2.17. The first-order valence-electron chi connectivity index (χ1n) is 2.21. The molecule has 0 atom stereocenters. The van der Waals surface area contributed by atoms with Crippen LogP contribution in [0.1, 0.15) is 0 Å². The van der Waals surface area contributed by atoms with Gasteiger partial charge in [0.05, 0.1) is 6.54 Å². The monoisotopic (exact) mass is 131 g/mol. The van der Waals surface area contributed by atoms with Crippen molar-refractivity contribution in [3.63, 3.8) is 0 Å². The molecule has 44 valence electrons. The van der Waals surface area contributed by atoms with Crippen LogP contribution in [0, 0.1) is 0 Å². The lowest BCUT2D eigenvalue weighted by Crippen LogP contribution is -2.34. The summed E-state index contributed by atoms with van der Waals surface area (Å²) in [5, 5.41) is 12.9. The van der Waals surface area contributed by atoms with Crippen LogP contribution in [0.5, 0.6) is 0 Å². The van der Waals surface area contributed by atoms with Gasteiger partial charge >= 0.3 is 0 Å². The Labute approximate surface area is 50.7 Å². The predicted molar refractivity (Wildman–Crippen MR) is 30.2 cm³/mol. The first kappa shape index (κ1) is 5.65. The third-order valence-electron chi connectivity index (χ3n) is 0.862. The fourth-order valence-corrected chi connectivity index (χ4v) is 1.19. The van der Waals surface area contributed by atoms with Gasteiger partial charge in [-0.15, -0.1) is 0 Å². The van der Waals surface area contributed by atoms with E-state index in [1.54, 1.807) is 0 Å². The molecule has 3 nitrogen and oxygen atoms in total. The van der Waals surface area contributed by atoms with Crippen molar-refractivity contribution < 1.29 is 9.90 Å². The molecule has 0 spiro atoms. The van der Waals surface area contributed by atoms with Gasteiger partial charge in [-0.3, -0.25) is 5.32 Å². The number of rotatable bonds is 1. The van der Waals surface area contributed by atoms with Gasteiger partial charge in [-0.2, -0.15) is 0 Å². The van der Waals surface area contributed by atoms with Crippen LogP contribution in [0.15, 0.2) is 0 Å². The van der Waals surface area contributed by atoms with Crippen molar-refractivity contribution in [2.45, 2.75) is 0 Å². The summed E-state index contributed by atoms with van der Waals surface area (Å²) in [4.78, 5) is 10.4. The second-order valence-corrected chi connectivity index (χ2v) is 2.50. The SMILES string of the molecule is O=C([O-])C1=[S+]CNC1. The minimum Gasteiger partial charge on any atom is -0.540 e. The van der Waals surface area contributed by atoms with Gasteiger partial charge in [0.1, 0.15) is 5.97 Å². The molecule has 0 fully saturated rings.